The summed E-state index contributed by atoms with van der Waals surface area (Å²) in [6, 6.07) is -2.59. The van der Waals surface area contributed by atoms with E-state index in [0.717, 1.165) is 6.42 Å². The van der Waals surface area contributed by atoms with Crippen LogP contribution in [0.4, 0.5) is 0 Å². The predicted octanol–water partition coefficient (Wildman–Crippen LogP) is -0.296. The Hall–Kier alpha value is -2.16. The maximum atomic E-state index is 12.4. The Bertz CT molecular complexity index is 504. The molecule has 4 unspecified atom stereocenters. The van der Waals surface area contributed by atoms with Gasteiger partial charge in [0.05, 0.1) is 6.04 Å². The smallest absolute Gasteiger partial charge is 0.326 e. The minimum atomic E-state index is -1.16. The van der Waals surface area contributed by atoms with E-state index in [1.54, 1.807) is 6.92 Å². The highest BCUT2D eigenvalue weighted by Gasteiger charge is 2.31. The van der Waals surface area contributed by atoms with Gasteiger partial charge in [0.2, 0.25) is 11.8 Å². The summed E-state index contributed by atoms with van der Waals surface area (Å²) in [6.45, 7) is 4.22. The molecule has 1 aliphatic rings. The van der Waals surface area contributed by atoms with Gasteiger partial charge >= 0.3 is 11.9 Å². The first-order valence-corrected chi connectivity index (χ1v) is 8.55. The SMILES string of the molecule is CCC(C)C(NC(=O)C(CCC(=O)O)NC(=O)C1CCCN1)C(=O)O. The van der Waals surface area contributed by atoms with Gasteiger partial charge in [0.15, 0.2) is 0 Å². The second kappa shape index (κ2) is 9.97. The second-order valence-electron chi connectivity index (χ2n) is 6.35. The van der Waals surface area contributed by atoms with E-state index in [2.05, 4.69) is 16.0 Å². The van der Waals surface area contributed by atoms with Gasteiger partial charge in [-0.3, -0.25) is 14.4 Å². The molecule has 4 atom stereocenters. The fourth-order valence-electron chi connectivity index (χ4n) is 2.65. The topological polar surface area (TPSA) is 145 Å². The van der Waals surface area contributed by atoms with Crippen molar-refractivity contribution < 1.29 is 29.4 Å². The first-order chi connectivity index (χ1) is 11.8. The minimum Gasteiger partial charge on any atom is -0.481 e. The lowest BCUT2D eigenvalue weighted by atomic mass is 9.98. The number of carboxylic acids is 2. The van der Waals surface area contributed by atoms with E-state index in [4.69, 9.17) is 5.11 Å². The molecule has 2 amide bonds. The van der Waals surface area contributed by atoms with Gasteiger partial charge in [-0.25, -0.2) is 4.79 Å². The number of hydrogen-bond acceptors (Lipinski definition) is 5. The quantitative estimate of drug-likeness (QED) is 0.361. The van der Waals surface area contributed by atoms with Crippen molar-refractivity contribution in [2.45, 2.75) is 64.1 Å². The summed E-state index contributed by atoms with van der Waals surface area (Å²) in [7, 11) is 0. The van der Waals surface area contributed by atoms with Crippen LogP contribution in [-0.2, 0) is 19.2 Å². The van der Waals surface area contributed by atoms with Gasteiger partial charge in [-0.15, -0.1) is 0 Å². The van der Waals surface area contributed by atoms with Gasteiger partial charge in [-0.1, -0.05) is 20.3 Å². The summed E-state index contributed by atoms with van der Waals surface area (Å²) < 4.78 is 0. The molecule has 0 aromatic carbocycles. The molecule has 1 rings (SSSR count). The van der Waals surface area contributed by atoms with Gasteiger partial charge in [-0.2, -0.15) is 0 Å². The molecule has 0 aliphatic carbocycles. The van der Waals surface area contributed by atoms with Crippen LogP contribution in [0.25, 0.3) is 0 Å². The van der Waals surface area contributed by atoms with E-state index in [0.29, 0.717) is 19.4 Å². The summed E-state index contributed by atoms with van der Waals surface area (Å²) in [6.07, 6.45) is 1.63. The molecule has 1 saturated heterocycles. The Morgan fingerprint density at radius 2 is 1.88 bits per heavy atom. The molecule has 0 bridgehead atoms. The van der Waals surface area contributed by atoms with E-state index in [9.17, 15) is 24.3 Å². The number of hydrogen-bond donors (Lipinski definition) is 5. The van der Waals surface area contributed by atoms with Crippen molar-refractivity contribution in [2.75, 3.05) is 6.54 Å². The number of nitrogens with one attached hydrogen (secondary N) is 3. The van der Waals surface area contributed by atoms with Crippen LogP contribution in [-0.4, -0.2) is 58.6 Å². The lowest BCUT2D eigenvalue weighted by Gasteiger charge is -2.25. The number of amides is 2. The van der Waals surface area contributed by atoms with Crippen molar-refractivity contribution in [3.8, 4) is 0 Å². The minimum absolute atomic E-state index is 0.105. The van der Waals surface area contributed by atoms with Crippen molar-refractivity contribution in [3.63, 3.8) is 0 Å². The average molecular weight is 357 g/mol. The number of carbonyl (C=O) groups excluding carboxylic acids is 2. The van der Waals surface area contributed by atoms with E-state index in [1.807, 2.05) is 6.92 Å². The molecule has 1 fully saturated rings. The molecule has 9 heteroatoms. The van der Waals surface area contributed by atoms with Crippen LogP contribution in [0.2, 0.25) is 0 Å². The van der Waals surface area contributed by atoms with Crippen LogP contribution in [0.1, 0.15) is 46.0 Å². The molecule has 0 aromatic heterocycles. The summed E-state index contributed by atoms with van der Waals surface area (Å²) in [5.41, 5.74) is 0. The van der Waals surface area contributed by atoms with Crippen molar-refractivity contribution in [2.24, 2.45) is 5.92 Å². The molecule has 5 N–H and O–H groups in total. The van der Waals surface area contributed by atoms with Crippen molar-refractivity contribution in [1.82, 2.24) is 16.0 Å². The lowest BCUT2D eigenvalue weighted by molar-refractivity contribution is -0.144. The Morgan fingerprint density at radius 3 is 2.36 bits per heavy atom. The van der Waals surface area contributed by atoms with Crippen molar-refractivity contribution in [1.29, 1.82) is 0 Å². The fourth-order valence-corrected chi connectivity index (χ4v) is 2.65. The van der Waals surface area contributed by atoms with Crippen LogP contribution < -0.4 is 16.0 Å². The standard InChI is InChI=1S/C16H27N3O6/c1-3-9(2)13(16(24)25)19-15(23)11(6-7-12(20)21)18-14(22)10-5-4-8-17-10/h9-11,13,17H,3-8H2,1-2H3,(H,18,22)(H,19,23)(H,20,21)(H,24,25). The summed E-state index contributed by atoms with van der Waals surface area (Å²) >= 11 is 0. The third kappa shape index (κ3) is 6.69. The summed E-state index contributed by atoms with van der Waals surface area (Å²) in [5.74, 6) is -3.61. The highest BCUT2D eigenvalue weighted by Crippen LogP contribution is 2.10. The third-order valence-corrected chi connectivity index (χ3v) is 4.43. The number of carbonyl (C=O) groups is 4. The molecular weight excluding hydrogens is 330 g/mol. The van der Waals surface area contributed by atoms with E-state index in [1.165, 1.54) is 0 Å². The van der Waals surface area contributed by atoms with Gasteiger partial charge in [0.25, 0.3) is 0 Å². The molecule has 0 saturated carbocycles. The number of carboxylic acid groups (broad SMARTS) is 2. The predicted molar refractivity (Wildman–Crippen MR) is 88.8 cm³/mol. The van der Waals surface area contributed by atoms with Crippen LogP contribution in [0.15, 0.2) is 0 Å². The van der Waals surface area contributed by atoms with Crippen LogP contribution in [0.5, 0.6) is 0 Å². The zero-order chi connectivity index (χ0) is 19.0. The van der Waals surface area contributed by atoms with E-state index < -0.39 is 36.0 Å². The largest absolute Gasteiger partial charge is 0.481 e. The Balaban J connectivity index is 2.78. The maximum absolute atomic E-state index is 12.4. The molecule has 25 heavy (non-hydrogen) atoms. The highest BCUT2D eigenvalue weighted by molar-refractivity contribution is 5.92. The maximum Gasteiger partial charge on any atom is 0.326 e. The van der Waals surface area contributed by atoms with E-state index >= 15 is 0 Å². The van der Waals surface area contributed by atoms with Gasteiger partial charge in [0.1, 0.15) is 12.1 Å². The van der Waals surface area contributed by atoms with Crippen LogP contribution >= 0.6 is 0 Å². The first-order valence-electron chi connectivity index (χ1n) is 8.55. The molecule has 142 valence electrons. The van der Waals surface area contributed by atoms with Gasteiger partial charge in [0, 0.05) is 6.42 Å². The van der Waals surface area contributed by atoms with Crippen molar-refractivity contribution in [3.05, 3.63) is 0 Å². The van der Waals surface area contributed by atoms with E-state index in [-0.39, 0.29) is 24.7 Å². The van der Waals surface area contributed by atoms with Crippen LogP contribution in [0, 0.1) is 5.92 Å². The number of rotatable bonds is 10. The zero-order valence-corrected chi connectivity index (χ0v) is 14.6. The van der Waals surface area contributed by atoms with Crippen molar-refractivity contribution >= 4 is 23.8 Å². The fraction of sp³-hybridized carbons (Fsp3) is 0.750. The first kappa shape index (κ1) is 20.9. The van der Waals surface area contributed by atoms with Gasteiger partial charge < -0.3 is 26.2 Å². The molecule has 0 radical (unpaired) electrons. The average Bonchev–Trinajstić information content (AvgIpc) is 3.09. The summed E-state index contributed by atoms with van der Waals surface area (Å²) in [4.78, 5) is 46.8. The molecule has 9 nitrogen and oxygen atoms in total. The highest BCUT2D eigenvalue weighted by atomic mass is 16.4. The monoisotopic (exact) mass is 357 g/mol. The Kier molecular flexibility index (Phi) is 8.33. The molecule has 1 heterocycles. The van der Waals surface area contributed by atoms with Crippen LogP contribution in [0.3, 0.4) is 0 Å². The van der Waals surface area contributed by atoms with Gasteiger partial charge in [-0.05, 0) is 31.7 Å². The Labute approximate surface area is 146 Å². The lowest BCUT2D eigenvalue weighted by Crippen LogP contribution is -2.55. The summed E-state index contributed by atoms with van der Waals surface area (Å²) in [5, 5.41) is 26.1. The molecule has 1 aliphatic heterocycles. The molecule has 0 spiro atoms. The molecular formula is C16H27N3O6. The second-order valence-corrected chi connectivity index (χ2v) is 6.35. The zero-order valence-electron chi connectivity index (χ0n) is 14.6. The molecule has 0 aromatic rings. The third-order valence-electron chi connectivity index (χ3n) is 4.43. The normalized spacial score (nSPS) is 20.3. The number of aliphatic carboxylic acids is 2. The Morgan fingerprint density at radius 1 is 1.20 bits per heavy atom.